The van der Waals surface area contributed by atoms with E-state index >= 15 is 0 Å². The van der Waals surface area contributed by atoms with E-state index in [4.69, 9.17) is 14.1 Å². The number of nitrogens with zero attached hydrogens (tertiary/aromatic N) is 1. The lowest BCUT2D eigenvalue weighted by molar-refractivity contribution is -0.130. The highest BCUT2D eigenvalue weighted by molar-refractivity contribution is 6.77. The smallest absolute Gasteiger partial charge is 0.460 e. The first kappa shape index (κ1) is 24.9. The topological polar surface area (TPSA) is 48.0 Å². The molecule has 5 nitrogen and oxygen atoms in total. The number of rotatable bonds is 9. The van der Waals surface area contributed by atoms with Gasteiger partial charge in [0.25, 0.3) is 0 Å². The van der Waals surface area contributed by atoms with Crippen LogP contribution in [0.15, 0.2) is 66.7 Å². The van der Waals surface area contributed by atoms with E-state index in [2.05, 4.69) is 50.2 Å². The second-order valence-electron chi connectivity index (χ2n) is 9.10. The molecule has 1 fully saturated rings. The molecule has 0 saturated carbocycles. The number of carbonyl (C=O) groups excluding carboxylic acids is 1. The maximum Gasteiger partial charge on any atom is 0.460 e. The van der Waals surface area contributed by atoms with Gasteiger partial charge >= 0.3 is 7.05 Å². The summed E-state index contributed by atoms with van der Waals surface area (Å²) in [6, 6.07) is 22.3. The molecule has 3 aromatic rings. The fourth-order valence-electron chi connectivity index (χ4n) is 4.77. The summed E-state index contributed by atoms with van der Waals surface area (Å²) >= 11 is 0. The highest BCUT2D eigenvalue weighted by Gasteiger charge is 2.56. The van der Waals surface area contributed by atoms with Gasteiger partial charge in [-0.3, -0.25) is 4.79 Å². The number of carbonyl (C=O) groups is 1. The highest BCUT2D eigenvalue weighted by atomic mass is 16.5. The normalized spacial score (nSPS) is 17.7. The predicted molar refractivity (Wildman–Crippen MR) is 143 cm³/mol. The maximum atomic E-state index is 14.1. The number of hydrogen-bond acceptors (Lipinski definition) is 4. The summed E-state index contributed by atoms with van der Waals surface area (Å²) in [6.45, 7) is 6.24. The van der Waals surface area contributed by atoms with Crippen LogP contribution in [0, 0.1) is 6.92 Å². The van der Waals surface area contributed by atoms with Crippen molar-refractivity contribution in [2.75, 3.05) is 19.0 Å². The molecule has 1 unspecified atom stereocenters. The Morgan fingerprint density at radius 1 is 0.886 bits per heavy atom. The Balaban J connectivity index is 1.80. The molecule has 0 spiro atoms. The summed E-state index contributed by atoms with van der Waals surface area (Å²) in [7, 11) is 2.63. The molecule has 182 valence electrons. The molecule has 3 aromatic carbocycles. The van der Waals surface area contributed by atoms with E-state index in [0.717, 1.165) is 29.4 Å². The molecule has 1 heterocycles. The molecule has 0 bridgehead atoms. The Hall–Kier alpha value is -3.25. The summed E-state index contributed by atoms with van der Waals surface area (Å²) in [4.78, 5) is 15.8. The van der Waals surface area contributed by atoms with E-state index in [-0.39, 0.29) is 5.91 Å². The van der Waals surface area contributed by atoms with Crippen LogP contribution in [0.5, 0.6) is 11.5 Å². The van der Waals surface area contributed by atoms with E-state index in [9.17, 15) is 4.79 Å². The minimum atomic E-state index is -0.887. The van der Waals surface area contributed by atoms with Gasteiger partial charge in [-0.1, -0.05) is 86.8 Å². The summed E-state index contributed by atoms with van der Waals surface area (Å²) in [6.07, 6.45) is 3.17. The molecular weight excluding hydrogens is 437 g/mol. The van der Waals surface area contributed by atoms with Crippen LogP contribution in [0.3, 0.4) is 0 Å². The van der Waals surface area contributed by atoms with Crippen molar-refractivity contribution in [3.8, 4) is 22.6 Å². The largest absolute Gasteiger partial charge is 0.494 e. The minimum Gasteiger partial charge on any atom is -0.494 e. The third-order valence-electron chi connectivity index (χ3n) is 6.91. The molecule has 1 amide bonds. The third kappa shape index (κ3) is 4.67. The van der Waals surface area contributed by atoms with E-state index in [1.165, 1.54) is 5.56 Å². The van der Waals surface area contributed by atoms with Gasteiger partial charge in [-0.2, -0.15) is 0 Å². The zero-order chi connectivity index (χ0) is 25.0. The number of para-hydroxylation sites is 1. The SMILES string of the molecule is CCCCC1(CC)OB(c2ccc(-c3ccc(C)cc3)cc2)N(c2c(OC)cccc2OC)C1=O. The lowest BCUT2D eigenvalue weighted by atomic mass is 9.71. The Kier molecular flexibility index (Phi) is 7.51. The van der Waals surface area contributed by atoms with Crippen LogP contribution in [0.2, 0.25) is 0 Å². The fourth-order valence-corrected chi connectivity index (χ4v) is 4.77. The van der Waals surface area contributed by atoms with Gasteiger partial charge in [-0.25, -0.2) is 0 Å². The molecule has 0 aliphatic carbocycles. The second-order valence-corrected chi connectivity index (χ2v) is 9.10. The summed E-state index contributed by atoms with van der Waals surface area (Å²) < 4.78 is 18.0. The standard InChI is InChI=1S/C29H34BNO4/c1-6-8-20-29(7-2)28(32)31(27-25(33-4)10-9-11-26(27)34-5)30(35-29)24-18-16-23(17-19-24)22-14-12-21(3)13-15-22/h9-19H,6-8,20H2,1-5H3. The average Bonchev–Trinajstić information content (AvgIpc) is 3.19. The van der Waals surface area contributed by atoms with Gasteiger partial charge in [0.05, 0.1) is 14.2 Å². The first-order chi connectivity index (χ1) is 17.0. The third-order valence-corrected chi connectivity index (χ3v) is 6.91. The predicted octanol–water partition coefficient (Wildman–Crippen LogP) is 5.78. The van der Waals surface area contributed by atoms with Crippen molar-refractivity contribution in [2.24, 2.45) is 0 Å². The van der Waals surface area contributed by atoms with Crippen molar-refractivity contribution in [3.63, 3.8) is 0 Å². The zero-order valence-corrected chi connectivity index (χ0v) is 21.3. The number of aryl methyl sites for hydroxylation is 1. The van der Waals surface area contributed by atoms with Gasteiger partial charge in [-0.05, 0) is 48.5 Å². The summed E-state index contributed by atoms with van der Waals surface area (Å²) in [5, 5.41) is 0. The minimum absolute atomic E-state index is 0.0520. The summed E-state index contributed by atoms with van der Waals surface area (Å²) in [5.74, 6) is 1.10. The second kappa shape index (κ2) is 10.6. The van der Waals surface area contributed by atoms with Crippen molar-refractivity contribution in [2.45, 2.75) is 52.1 Å². The lowest BCUT2D eigenvalue weighted by Crippen LogP contribution is -2.47. The van der Waals surface area contributed by atoms with Crippen LogP contribution in [0.1, 0.15) is 45.1 Å². The number of anilines is 1. The number of methoxy groups -OCH3 is 2. The van der Waals surface area contributed by atoms with E-state index in [0.29, 0.717) is 30.0 Å². The van der Waals surface area contributed by atoms with Crippen molar-refractivity contribution in [1.82, 2.24) is 0 Å². The van der Waals surface area contributed by atoms with Gasteiger partial charge in [0.1, 0.15) is 22.8 Å². The zero-order valence-electron chi connectivity index (χ0n) is 21.3. The molecule has 6 heteroatoms. The summed E-state index contributed by atoms with van der Waals surface area (Å²) in [5.41, 5.74) is 4.12. The van der Waals surface area contributed by atoms with Gasteiger partial charge in [0.2, 0.25) is 5.91 Å². The number of benzene rings is 3. The molecule has 1 saturated heterocycles. The van der Waals surface area contributed by atoms with Crippen LogP contribution in [-0.4, -0.2) is 32.8 Å². The van der Waals surface area contributed by atoms with Crippen molar-refractivity contribution in [3.05, 3.63) is 72.3 Å². The molecule has 0 radical (unpaired) electrons. The van der Waals surface area contributed by atoms with Gasteiger partial charge < -0.3 is 18.9 Å². The Morgan fingerprint density at radius 3 is 1.97 bits per heavy atom. The first-order valence-electron chi connectivity index (χ1n) is 12.4. The quantitative estimate of drug-likeness (QED) is 0.372. The Labute approximate surface area is 209 Å². The van der Waals surface area contributed by atoms with Crippen LogP contribution < -0.4 is 19.7 Å². The molecule has 1 aliphatic rings. The van der Waals surface area contributed by atoms with Crippen LogP contribution in [0.4, 0.5) is 5.69 Å². The number of unbranched alkanes of at least 4 members (excludes halogenated alkanes) is 1. The molecular formula is C29H34BNO4. The van der Waals surface area contributed by atoms with Gasteiger partial charge in [0, 0.05) is 0 Å². The Bertz CT molecular complexity index is 1140. The molecule has 1 aliphatic heterocycles. The van der Waals surface area contributed by atoms with Crippen LogP contribution in [0.25, 0.3) is 11.1 Å². The van der Waals surface area contributed by atoms with Crippen molar-refractivity contribution >= 4 is 24.1 Å². The monoisotopic (exact) mass is 471 g/mol. The first-order valence-corrected chi connectivity index (χ1v) is 12.4. The van der Waals surface area contributed by atoms with Gasteiger partial charge in [0.15, 0.2) is 0 Å². The lowest BCUT2D eigenvalue weighted by Gasteiger charge is -2.27. The number of amides is 1. The maximum absolute atomic E-state index is 14.1. The molecule has 1 atom stereocenters. The highest BCUT2D eigenvalue weighted by Crippen LogP contribution is 2.44. The van der Waals surface area contributed by atoms with Crippen LogP contribution >= 0.6 is 0 Å². The van der Waals surface area contributed by atoms with E-state index in [1.54, 1.807) is 19.0 Å². The average molecular weight is 471 g/mol. The molecule has 0 N–H and O–H groups in total. The van der Waals surface area contributed by atoms with Gasteiger partial charge in [-0.15, -0.1) is 0 Å². The number of hydrogen-bond donors (Lipinski definition) is 0. The fraction of sp³-hybridized carbons (Fsp3) is 0.345. The molecule has 35 heavy (non-hydrogen) atoms. The van der Waals surface area contributed by atoms with E-state index in [1.807, 2.05) is 37.3 Å². The number of ether oxygens (including phenoxy) is 2. The van der Waals surface area contributed by atoms with Crippen LogP contribution in [-0.2, 0) is 9.45 Å². The molecule has 4 rings (SSSR count). The molecule has 0 aromatic heterocycles. The van der Waals surface area contributed by atoms with Crippen molar-refractivity contribution in [1.29, 1.82) is 0 Å². The van der Waals surface area contributed by atoms with E-state index < -0.39 is 12.7 Å². The Morgan fingerprint density at radius 2 is 1.46 bits per heavy atom. The van der Waals surface area contributed by atoms with Crippen molar-refractivity contribution < 1.29 is 18.9 Å².